The minimum atomic E-state index is -0.266. The van der Waals surface area contributed by atoms with Crippen LogP contribution in [0.3, 0.4) is 0 Å². The second kappa shape index (κ2) is 8.15. The van der Waals surface area contributed by atoms with E-state index in [-0.39, 0.29) is 11.9 Å². The van der Waals surface area contributed by atoms with E-state index in [0.29, 0.717) is 13.2 Å². The Balaban J connectivity index is 1.74. The van der Waals surface area contributed by atoms with E-state index in [1.807, 2.05) is 44.3 Å². The third-order valence-corrected chi connectivity index (χ3v) is 4.44. The molecule has 1 N–H and O–H groups in total. The van der Waals surface area contributed by atoms with Crippen LogP contribution in [-0.4, -0.2) is 16.4 Å². The molecule has 0 saturated carbocycles. The van der Waals surface area contributed by atoms with Gasteiger partial charge in [0.15, 0.2) is 0 Å². The molecule has 0 bridgehead atoms. The number of halogens is 1. The van der Waals surface area contributed by atoms with Gasteiger partial charge in [0, 0.05) is 29.4 Å². The van der Waals surface area contributed by atoms with Gasteiger partial charge in [-0.3, -0.25) is 0 Å². The van der Waals surface area contributed by atoms with E-state index >= 15 is 0 Å². The van der Waals surface area contributed by atoms with Crippen LogP contribution >= 0.6 is 0 Å². The maximum atomic E-state index is 13.5. The summed E-state index contributed by atoms with van der Waals surface area (Å²) in [5, 5.41) is 7.96. The summed E-state index contributed by atoms with van der Waals surface area (Å²) in [6.07, 6.45) is 1.84. The van der Waals surface area contributed by atoms with Gasteiger partial charge in [-0.05, 0) is 45.0 Å². The highest BCUT2D eigenvalue weighted by atomic mass is 19.1. The van der Waals surface area contributed by atoms with Crippen LogP contribution in [0.25, 0.3) is 5.69 Å². The van der Waals surface area contributed by atoms with Gasteiger partial charge in [-0.1, -0.05) is 24.3 Å². The summed E-state index contributed by atoms with van der Waals surface area (Å²) in [5.41, 5.74) is 3.93. The smallest absolute Gasteiger partial charge is 0.125 e. The Morgan fingerprint density at radius 2 is 2.00 bits per heavy atom. The lowest BCUT2D eigenvalue weighted by Crippen LogP contribution is -2.19. The maximum Gasteiger partial charge on any atom is 0.125 e. The molecule has 1 aromatic heterocycles. The Kier molecular flexibility index (Phi) is 5.68. The zero-order chi connectivity index (χ0) is 18.5. The SMILES string of the molecule is CCOc1ccccc1CN[C@H](C)c1cnn(-c2cccc(F)c2)c1C. The summed E-state index contributed by atoms with van der Waals surface area (Å²) in [6, 6.07) is 14.6. The standard InChI is InChI=1S/C21H24FN3O/c1-4-26-21-11-6-5-8-17(21)13-23-15(2)20-14-24-25(16(20)3)19-10-7-9-18(22)12-19/h5-12,14-15,23H,4,13H2,1-3H3/t15-/m1/s1. The van der Waals surface area contributed by atoms with Crippen LogP contribution in [-0.2, 0) is 6.54 Å². The number of nitrogens with zero attached hydrogens (tertiary/aromatic N) is 2. The third-order valence-electron chi connectivity index (χ3n) is 4.44. The second-order valence-corrected chi connectivity index (χ2v) is 6.22. The van der Waals surface area contributed by atoms with Crippen LogP contribution in [0, 0.1) is 12.7 Å². The van der Waals surface area contributed by atoms with Crippen LogP contribution in [0.1, 0.15) is 36.7 Å². The minimum absolute atomic E-state index is 0.104. The van der Waals surface area contributed by atoms with E-state index in [2.05, 4.69) is 23.4 Å². The van der Waals surface area contributed by atoms with E-state index in [9.17, 15) is 4.39 Å². The first-order valence-electron chi connectivity index (χ1n) is 8.84. The molecule has 0 aliphatic rings. The molecule has 0 spiro atoms. The normalized spacial score (nSPS) is 12.2. The van der Waals surface area contributed by atoms with Crippen molar-refractivity contribution in [3.05, 3.63) is 77.4 Å². The van der Waals surface area contributed by atoms with Crippen molar-refractivity contribution in [2.24, 2.45) is 0 Å². The number of hydrogen-bond donors (Lipinski definition) is 1. The average Bonchev–Trinajstić information content (AvgIpc) is 3.02. The van der Waals surface area contributed by atoms with E-state index < -0.39 is 0 Å². The monoisotopic (exact) mass is 353 g/mol. The Hall–Kier alpha value is -2.66. The molecule has 0 unspecified atom stereocenters. The molecule has 26 heavy (non-hydrogen) atoms. The summed E-state index contributed by atoms with van der Waals surface area (Å²) < 4.78 is 20.9. The minimum Gasteiger partial charge on any atom is -0.494 e. The number of benzene rings is 2. The molecule has 1 heterocycles. The Morgan fingerprint density at radius 3 is 2.77 bits per heavy atom. The molecule has 0 aliphatic heterocycles. The highest BCUT2D eigenvalue weighted by molar-refractivity contribution is 5.36. The van der Waals surface area contributed by atoms with Crippen molar-refractivity contribution >= 4 is 0 Å². The largest absolute Gasteiger partial charge is 0.494 e. The van der Waals surface area contributed by atoms with Crippen molar-refractivity contribution < 1.29 is 9.13 Å². The number of hydrogen-bond acceptors (Lipinski definition) is 3. The highest BCUT2D eigenvalue weighted by Crippen LogP contribution is 2.23. The van der Waals surface area contributed by atoms with Crippen LogP contribution in [0.5, 0.6) is 5.75 Å². The number of ether oxygens (including phenoxy) is 1. The third kappa shape index (κ3) is 3.94. The van der Waals surface area contributed by atoms with Crippen molar-refractivity contribution in [2.45, 2.75) is 33.4 Å². The van der Waals surface area contributed by atoms with Crippen LogP contribution in [0.4, 0.5) is 4.39 Å². The molecule has 2 aromatic carbocycles. The molecule has 1 atom stereocenters. The van der Waals surface area contributed by atoms with Crippen LogP contribution < -0.4 is 10.1 Å². The van der Waals surface area contributed by atoms with Gasteiger partial charge < -0.3 is 10.1 Å². The summed E-state index contributed by atoms with van der Waals surface area (Å²) in [5.74, 6) is 0.638. The number of aromatic nitrogens is 2. The van der Waals surface area contributed by atoms with Gasteiger partial charge in [-0.2, -0.15) is 5.10 Å². The predicted molar refractivity (Wildman–Crippen MR) is 101 cm³/mol. The lowest BCUT2D eigenvalue weighted by atomic mass is 10.1. The van der Waals surface area contributed by atoms with Gasteiger partial charge in [0.2, 0.25) is 0 Å². The highest BCUT2D eigenvalue weighted by Gasteiger charge is 2.15. The molecular weight excluding hydrogens is 329 g/mol. The molecule has 0 saturated heterocycles. The van der Waals surface area contributed by atoms with E-state index in [0.717, 1.165) is 28.3 Å². The van der Waals surface area contributed by atoms with Gasteiger partial charge in [0.1, 0.15) is 11.6 Å². The van der Waals surface area contributed by atoms with Crippen molar-refractivity contribution in [3.8, 4) is 11.4 Å². The predicted octanol–water partition coefficient (Wildman–Crippen LogP) is 4.57. The van der Waals surface area contributed by atoms with Gasteiger partial charge in [-0.15, -0.1) is 0 Å². The fraction of sp³-hybridized carbons (Fsp3) is 0.286. The number of nitrogens with one attached hydrogen (secondary N) is 1. The second-order valence-electron chi connectivity index (χ2n) is 6.22. The molecule has 3 aromatic rings. The lowest BCUT2D eigenvalue weighted by molar-refractivity contribution is 0.335. The first-order chi connectivity index (χ1) is 12.6. The molecule has 0 amide bonds. The maximum absolute atomic E-state index is 13.5. The molecule has 0 radical (unpaired) electrons. The molecule has 5 heteroatoms. The topological polar surface area (TPSA) is 39.1 Å². The van der Waals surface area contributed by atoms with E-state index in [1.165, 1.54) is 12.1 Å². The first-order valence-corrected chi connectivity index (χ1v) is 8.84. The summed E-state index contributed by atoms with van der Waals surface area (Å²) in [6.45, 7) is 7.42. The Labute approximate surface area is 153 Å². The summed E-state index contributed by atoms with van der Waals surface area (Å²) in [7, 11) is 0. The van der Waals surface area contributed by atoms with Gasteiger partial charge in [-0.25, -0.2) is 9.07 Å². The van der Waals surface area contributed by atoms with Gasteiger partial charge in [0.25, 0.3) is 0 Å². The fourth-order valence-electron chi connectivity index (χ4n) is 3.03. The Bertz CT molecular complexity index is 875. The van der Waals surface area contributed by atoms with Crippen LogP contribution in [0.15, 0.2) is 54.7 Å². The van der Waals surface area contributed by atoms with E-state index in [4.69, 9.17) is 4.74 Å². The van der Waals surface area contributed by atoms with Gasteiger partial charge >= 0.3 is 0 Å². The van der Waals surface area contributed by atoms with Gasteiger partial charge in [0.05, 0.1) is 18.5 Å². The Morgan fingerprint density at radius 1 is 1.19 bits per heavy atom. The average molecular weight is 353 g/mol. The molecule has 3 rings (SSSR count). The summed E-state index contributed by atoms with van der Waals surface area (Å²) in [4.78, 5) is 0. The first kappa shape index (κ1) is 18.1. The molecule has 0 fully saturated rings. The summed E-state index contributed by atoms with van der Waals surface area (Å²) >= 11 is 0. The van der Waals surface area contributed by atoms with E-state index in [1.54, 1.807) is 10.7 Å². The molecule has 0 aliphatic carbocycles. The quantitative estimate of drug-likeness (QED) is 0.676. The molecule has 136 valence electrons. The van der Waals surface area contributed by atoms with Crippen molar-refractivity contribution in [1.29, 1.82) is 0 Å². The van der Waals surface area contributed by atoms with Crippen LogP contribution in [0.2, 0.25) is 0 Å². The number of para-hydroxylation sites is 1. The molecule has 4 nitrogen and oxygen atoms in total. The zero-order valence-corrected chi connectivity index (χ0v) is 15.4. The fourth-order valence-corrected chi connectivity index (χ4v) is 3.03. The molecular formula is C21H24FN3O. The zero-order valence-electron chi connectivity index (χ0n) is 15.4. The van der Waals surface area contributed by atoms with Crippen molar-refractivity contribution in [3.63, 3.8) is 0 Å². The number of rotatable bonds is 7. The van der Waals surface area contributed by atoms with Crippen molar-refractivity contribution in [2.75, 3.05) is 6.61 Å². The van der Waals surface area contributed by atoms with Crippen molar-refractivity contribution in [1.82, 2.24) is 15.1 Å². The lowest BCUT2D eigenvalue weighted by Gasteiger charge is -2.16.